The van der Waals surface area contributed by atoms with Gasteiger partial charge in [-0.2, -0.15) is 0 Å². The molecule has 1 spiro atoms. The molecule has 1 amide bonds. The highest BCUT2D eigenvalue weighted by Gasteiger charge is 2.42. The molecule has 7 nitrogen and oxygen atoms in total. The van der Waals surface area contributed by atoms with Crippen LogP contribution in [0, 0.1) is 5.82 Å². The zero-order valence-electron chi connectivity index (χ0n) is 20.9. The number of likely N-dealkylation sites (tertiary alicyclic amines) is 1. The quantitative estimate of drug-likeness (QED) is 0.440. The second-order valence-electron chi connectivity index (χ2n) is 10.0. The lowest BCUT2D eigenvalue weighted by atomic mass is 9.82. The van der Waals surface area contributed by atoms with Gasteiger partial charge in [0.25, 0.3) is 5.91 Å². The number of halogens is 1. The highest BCUT2D eigenvalue weighted by molar-refractivity contribution is 6.01. The summed E-state index contributed by atoms with van der Waals surface area (Å²) >= 11 is 0. The molecule has 3 aliphatic heterocycles. The third-order valence-corrected chi connectivity index (χ3v) is 7.39. The zero-order chi connectivity index (χ0) is 25.7. The summed E-state index contributed by atoms with van der Waals surface area (Å²) in [5.41, 5.74) is 3.91. The SMILES string of the molecule is O=C(C=Cc1ccc2c(c1)C(=O)CC1(CCN(CCc3ccccc3F)CC1)O2)NOC1CCCCO1. The smallest absolute Gasteiger partial charge is 0.267 e. The number of benzene rings is 2. The number of piperidine rings is 1. The minimum atomic E-state index is -0.492. The molecule has 0 aliphatic carbocycles. The fourth-order valence-electron chi connectivity index (χ4n) is 5.19. The van der Waals surface area contributed by atoms with Gasteiger partial charge < -0.3 is 14.4 Å². The number of amides is 1. The molecular weight excluding hydrogens is 475 g/mol. The molecular formula is C29H33FN2O5. The van der Waals surface area contributed by atoms with Gasteiger partial charge in [-0.25, -0.2) is 14.7 Å². The maximum absolute atomic E-state index is 13.9. The number of rotatable bonds is 7. The number of carbonyl (C=O) groups excluding carboxylic acids is 2. The van der Waals surface area contributed by atoms with Gasteiger partial charge in [0.05, 0.1) is 12.0 Å². The van der Waals surface area contributed by atoms with Crippen molar-refractivity contribution in [1.29, 1.82) is 0 Å². The number of hydrogen-bond donors (Lipinski definition) is 1. The normalized spacial score (nSPS) is 21.5. The molecule has 196 valence electrons. The molecule has 0 radical (unpaired) electrons. The van der Waals surface area contributed by atoms with Crippen LogP contribution >= 0.6 is 0 Å². The first-order valence-corrected chi connectivity index (χ1v) is 13.1. The number of fused-ring (bicyclic) bond motifs is 1. The molecule has 5 rings (SSSR count). The van der Waals surface area contributed by atoms with Gasteiger partial charge in [0.2, 0.25) is 0 Å². The van der Waals surface area contributed by atoms with Crippen molar-refractivity contribution < 1.29 is 28.3 Å². The van der Waals surface area contributed by atoms with Crippen LogP contribution in [-0.2, 0) is 20.8 Å². The maximum Gasteiger partial charge on any atom is 0.267 e. The van der Waals surface area contributed by atoms with Crippen LogP contribution < -0.4 is 10.2 Å². The monoisotopic (exact) mass is 508 g/mol. The third-order valence-electron chi connectivity index (χ3n) is 7.39. The van der Waals surface area contributed by atoms with Gasteiger partial charge in [-0.15, -0.1) is 0 Å². The van der Waals surface area contributed by atoms with E-state index in [1.54, 1.807) is 18.2 Å². The Morgan fingerprint density at radius 2 is 2.03 bits per heavy atom. The van der Waals surface area contributed by atoms with Crippen molar-refractivity contribution in [3.63, 3.8) is 0 Å². The van der Waals surface area contributed by atoms with Gasteiger partial charge in [0.15, 0.2) is 12.1 Å². The summed E-state index contributed by atoms with van der Waals surface area (Å²) in [4.78, 5) is 32.8. The van der Waals surface area contributed by atoms with E-state index >= 15 is 0 Å². The highest BCUT2D eigenvalue weighted by Crippen LogP contribution is 2.39. The van der Waals surface area contributed by atoms with Crippen molar-refractivity contribution in [2.75, 3.05) is 26.2 Å². The van der Waals surface area contributed by atoms with Crippen LogP contribution in [0.25, 0.3) is 6.08 Å². The molecule has 3 heterocycles. The van der Waals surface area contributed by atoms with Gasteiger partial charge in [0.1, 0.15) is 17.2 Å². The molecule has 2 fully saturated rings. The zero-order valence-corrected chi connectivity index (χ0v) is 20.9. The Morgan fingerprint density at radius 1 is 1.19 bits per heavy atom. The average Bonchev–Trinajstić information content (AvgIpc) is 2.92. The summed E-state index contributed by atoms with van der Waals surface area (Å²) in [6, 6.07) is 12.3. The Balaban J connectivity index is 1.13. The van der Waals surface area contributed by atoms with Crippen molar-refractivity contribution in [2.24, 2.45) is 0 Å². The minimum absolute atomic E-state index is 0.0542. The number of Topliss-reactive ketones (excluding diaryl/α,β-unsaturated/α-hetero) is 1. The summed E-state index contributed by atoms with van der Waals surface area (Å²) in [7, 11) is 0. The third kappa shape index (κ3) is 6.44. The molecule has 2 saturated heterocycles. The van der Waals surface area contributed by atoms with Crippen LogP contribution in [0.5, 0.6) is 5.75 Å². The van der Waals surface area contributed by atoms with E-state index in [-0.39, 0.29) is 11.6 Å². The number of ether oxygens (including phenoxy) is 2. The lowest BCUT2D eigenvalue weighted by Gasteiger charge is -2.44. The predicted octanol–water partition coefficient (Wildman–Crippen LogP) is 4.46. The van der Waals surface area contributed by atoms with Crippen molar-refractivity contribution in [2.45, 2.75) is 56.8 Å². The summed E-state index contributed by atoms with van der Waals surface area (Å²) < 4.78 is 25.8. The molecule has 0 aromatic heterocycles. The van der Waals surface area contributed by atoms with E-state index in [1.807, 2.05) is 24.3 Å². The molecule has 3 aliphatic rings. The molecule has 0 bridgehead atoms. The van der Waals surface area contributed by atoms with E-state index in [0.717, 1.165) is 62.9 Å². The van der Waals surface area contributed by atoms with Crippen LogP contribution in [0.3, 0.4) is 0 Å². The van der Waals surface area contributed by atoms with Crippen LogP contribution in [0.4, 0.5) is 4.39 Å². The molecule has 1 unspecified atom stereocenters. The van der Waals surface area contributed by atoms with Crippen molar-refractivity contribution in [1.82, 2.24) is 10.4 Å². The summed E-state index contributed by atoms with van der Waals surface area (Å²) in [5.74, 6) is 0.0928. The number of nitrogens with one attached hydrogen (secondary N) is 1. The van der Waals surface area contributed by atoms with Crippen LogP contribution in [0.2, 0.25) is 0 Å². The Morgan fingerprint density at radius 3 is 2.81 bits per heavy atom. The molecule has 1 atom stereocenters. The molecule has 37 heavy (non-hydrogen) atoms. The van der Waals surface area contributed by atoms with Crippen molar-refractivity contribution in [3.05, 3.63) is 71.0 Å². The van der Waals surface area contributed by atoms with Crippen LogP contribution in [0.15, 0.2) is 48.5 Å². The van der Waals surface area contributed by atoms with Gasteiger partial charge in [0, 0.05) is 51.6 Å². The molecule has 0 saturated carbocycles. The first-order valence-electron chi connectivity index (χ1n) is 13.1. The number of hydrogen-bond acceptors (Lipinski definition) is 6. The largest absolute Gasteiger partial charge is 0.486 e. The van der Waals surface area contributed by atoms with Gasteiger partial charge in [-0.1, -0.05) is 24.3 Å². The first kappa shape index (κ1) is 25.6. The summed E-state index contributed by atoms with van der Waals surface area (Å²) in [6.45, 7) is 3.03. The standard InChI is InChI=1S/C29H33FN2O5/c30-24-6-2-1-5-22(24)12-15-32-16-13-29(14-17-32)20-25(33)23-19-21(8-10-26(23)36-29)9-11-27(34)31-37-28-7-3-4-18-35-28/h1-2,5-6,8-11,19,28H,3-4,7,12-18,20H2,(H,31,34). The number of hydroxylamine groups is 1. The minimum Gasteiger partial charge on any atom is -0.486 e. The van der Waals surface area contributed by atoms with Gasteiger partial charge >= 0.3 is 0 Å². The Labute approximate surface area is 216 Å². The van der Waals surface area contributed by atoms with E-state index in [0.29, 0.717) is 30.8 Å². The van der Waals surface area contributed by atoms with Gasteiger partial charge in [-0.05, 0) is 54.7 Å². The molecule has 1 N–H and O–H groups in total. The maximum atomic E-state index is 13.9. The molecule has 2 aromatic rings. The fraction of sp³-hybridized carbons (Fsp3) is 0.448. The predicted molar refractivity (Wildman–Crippen MR) is 136 cm³/mol. The van der Waals surface area contributed by atoms with Crippen LogP contribution in [-0.4, -0.2) is 54.7 Å². The second kappa shape index (κ2) is 11.5. The number of carbonyl (C=O) groups is 2. The lowest BCUT2D eigenvalue weighted by Crippen LogP contribution is -2.51. The lowest BCUT2D eigenvalue weighted by molar-refractivity contribution is -0.198. The molecule has 8 heteroatoms. The molecule has 2 aromatic carbocycles. The highest BCUT2D eigenvalue weighted by atomic mass is 19.1. The van der Waals surface area contributed by atoms with E-state index in [2.05, 4.69) is 10.4 Å². The van der Waals surface area contributed by atoms with Crippen molar-refractivity contribution in [3.8, 4) is 5.75 Å². The Bertz CT molecular complexity index is 1150. The summed E-state index contributed by atoms with van der Waals surface area (Å²) in [6.07, 6.45) is 7.89. The van der Waals surface area contributed by atoms with Gasteiger partial charge in [-0.3, -0.25) is 9.59 Å². The Hall–Kier alpha value is -3.07. The average molecular weight is 509 g/mol. The number of ketones is 1. The Kier molecular flexibility index (Phi) is 7.98. The van der Waals surface area contributed by atoms with E-state index in [9.17, 15) is 14.0 Å². The van der Waals surface area contributed by atoms with E-state index < -0.39 is 17.8 Å². The topological polar surface area (TPSA) is 77.1 Å². The first-order chi connectivity index (χ1) is 18.0. The second-order valence-corrected chi connectivity index (χ2v) is 10.0. The fourth-order valence-corrected chi connectivity index (χ4v) is 5.19. The van der Waals surface area contributed by atoms with E-state index in [4.69, 9.17) is 14.3 Å². The van der Waals surface area contributed by atoms with Crippen molar-refractivity contribution >= 4 is 17.8 Å². The van der Waals surface area contributed by atoms with Crippen LogP contribution in [0.1, 0.15) is 60.0 Å². The summed E-state index contributed by atoms with van der Waals surface area (Å²) in [5, 5.41) is 0. The van der Waals surface area contributed by atoms with E-state index in [1.165, 1.54) is 12.1 Å². The number of nitrogens with zero attached hydrogens (tertiary/aromatic N) is 1.